The Kier molecular flexibility index (Phi) is 5.54. The van der Waals surface area contributed by atoms with E-state index in [9.17, 15) is 22.4 Å². The van der Waals surface area contributed by atoms with Crippen LogP contribution in [0.4, 0.5) is 4.39 Å². The van der Waals surface area contributed by atoms with E-state index >= 15 is 0 Å². The Bertz CT molecular complexity index is 1220. The van der Waals surface area contributed by atoms with E-state index in [1.807, 2.05) is 0 Å². The van der Waals surface area contributed by atoms with Crippen LogP contribution < -0.4 is 15.7 Å². The van der Waals surface area contributed by atoms with Crippen LogP contribution in [0, 0.1) is 5.82 Å². The van der Waals surface area contributed by atoms with Crippen LogP contribution in [0.2, 0.25) is 5.02 Å². The number of imidazole rings is 1. The first-order valence-corrected chi connectivity index (χ1v) is 9.97. The number of hydrogen-bond acceptors (Lipinski definition) is 4. The Morgan fingerprint density at radius 2 is 1.96 bits per heavy atom. The van der Waals surface area contributed by atoms with Gasteiger partial charge in [-0.25, -0.2) is 22.3 Å². The van der Waals surface area contributed by atoms with Crippen molar-refractivity contribution < 1.29 is 17.6 Å². The highest BCUT2D eigenvalue weighted by atomic mass is 35.5. The maximum atomic E-state index is 13.8. The van der Waals surface area contributed by atoms with Gasteiger partial charge in [0, 0.05) is 30.7 Å². The standard InChI is InChI=1S/C17H16ClFN4O4S/c1-23-14-8-10(2-4-13(14)22-17(23)25)16(24)20-6-7-21-28(26,27)15-5-3-11(18)9-12(15)19/h2-5,8-9,21H,6-7H2,1H3,(H,20,24)(H,22,25). The van der Waals surface area contributed by atoms with E-state index in [0.29, 0.717) is 16.6 Å². The Morgan fingerprint density at radius 1 is 1.21 bits per heavy atom. The molecule has 0 aliphatic rings. The number of rotatable bonds is 6. The second kappa shape index (κ2) is 7.74. The number of H-pyrrole nitrogens is 1. The molecule has 0 bridgehead atoms. The van der Waals surface area contributed by atoms with E-state index in [1.54, 1.807) is 25.2 Å². The van der Waals surface area contributed by atoms with Crippen LogP contribution in [-0.4, -0.2) is 37.0 Å². The molecule has 0 unspecified atom stereocenters. The largest absolute Gasteiger partial charge is 0.351 e. The average Bonchev–Trinajstić information content (AvgIpc) is 2.92. The first kappa shape index (κ1) is 20.1. The molecule has 148 valence electrons. The van der Waals surface area contributed by atoms with Gasteiger partial charge in [-0.1, -0.05) is 11.6 Å². The fourth-order valence-electron chi connectivity index (χ4n) is 2.60. The van der Waals surface area contributed by atoms with E-state index in [0.717, 1.165) is 12.1 Å². The third kappa shape index (κ3) is 4.08. The highest BCUT2D eigenvalue weighted by Crippen LogP contribution is 2.18. The van der Waals surface area contributed by atoms with E-state index in [-0.39, 0.29) is 23.8 Å². The zero-order valence-corrected chi connectivity index (χ0v) is 16.2. The number of sulfonamides is 1. The SMILES string of the molecule is Cn1c(=O)[nH]c2ccc(C(=O)NCCNS(=O)(=O)c3ccc(Cl)cc3F)cc21. The summed E-state index contributed by atoms with van der Waals surface area (Å²) >= 11 is 5.61. The molecule has 2 aromatic carbocycles. The highest BCUT2D eigenvalue weighted by Gasteiger charge is 2.19. The van der Waals surface area contributed by atoms with Gasteiger partial charge >= 0.3 is 5.69 Å². The van der Waals surface area contributed by atoms with Gasteiger partial charge in [-0.15, -0.1) is 0 Å². The molecule has 1 heterocycles. The number of benzene rings is 2. The Balaban J connectivity index is 1.61. The lowest BCUT2D eigenvalue weighted by atomic mass is 10.2. The van der Waals surface area contributed by atoms with Crippen LogP contribution in [0.3, 0.4) is 0 Å². The van der Waals surface area contributed by atoms with Crippen molar-refractivity contribution in [3.63, 3.8) is 0 Å². The number of carbonyl (C=O) groups excluding carboxylic acids is 1. The predicted octanol–water partition coefficient (Wildman–Crippen LogP) is 1.37. The summed E-state index contributed by atoms with van der Waals surface area (Å²) in [6.07, 6.45) is 0. The second-order valence-corrected chi connectivity index (χ2v) is 8.12. The number of aromatic amines is 1. The number of nitrogens with zero attached hydrogens (tertiary/aromatic N) is 1. The molecule has 0 saturated heterocycles. The third-order valence-electron chi connectivity index (χ3n) is 4.05. The van der Waals surface area contributed by atoms with E-state index in [2.05, 4.69) is 15.0 Å². The van der Waals surface area contributed by atoms with Crippen molar-refractivity contribution in [1.29, 1.82) is 0 Å². The van der Waals surface area contributed by atoms with E-state index in [4.69, 9.17) is 11.6 Å². The zero-order chi connectivity index (χ0) is 20.5. The van der Waals surface area contributed by atoms with E-state index in [1.165, 1.54) is 10.6 Å². The molecular weight excluding hydrogens is 411 g/mol. The number of fused-ring (bicyclic) bond motifs is 1. The summed E-state index contributed by atoms with van der Waals surface area (Å²) in [7, 11) is -2.50. The van der Waals surface area contributed by atoms with Gasteiger partial charge in [-0.05, 0) is 36.4 Å². The van der Waals surface area contributed by atoms with Gasteiger partial charge in [0.1, 0.15) is 10.7 Å². The van der Waals surface area contributed by atoms with Gasteiger partial charge in [-0.2, -0.15) is 0 Å². The molecule has 0 aliphatic heterocycles. The third-order valence-corrected chi connectivity index (χ3v) is 5.78. The Hall–Kier alpha value is -2.69. The number of carbonyl (C=O) groups is 1. The van der Waals surface area contributed by atoms with Gasteiger partial charge in [0.25, 0.3) is 5.91 Å². The molecule has 28 heavy (non-hydrogen) atoms. The van der Waals surface area contributed by atoms with Crippen LogP contribution in [0.1, 0.15) is 10.4 Å². The first-order valence-electron chi connectivity index (χ1n) is 8.11. The molecule has 1 amide bonds. The normalized spacial score (nSPS) is 11.7. The van der Waals surface area contributed by atoms with Gasteiger partial charge in [-0.3, -0.25) is 9.36 Å². The average molecular weight is 427 g/mol. The Morgan fingerprint density at radius 3 is 2.68 bits per heavy atom. The number of halogens is 2. The summed E-state index contributed by atoms with van der Waals surface area (Å²) in [6.45, 7) is -0.154. The van der Waals surface area contributed by atoms with E-state index < -0.39 is 26.6 Å². The molecular formula is C17H16ClFN4O4S. The van der Waals surface area contributed by atoms with Gasteiger partial charge in [0.2, 0.25) is 10.0 Å². The molecule has 11 heteroatoms. The topological polar surface area (TPSA) is 113 Å². The molecule has 1 aromatic heterocycles. The van der Waals surface area contributed by atoms with Crippen LogP contribution in [-0.2, 0) is 17.1 Å². The fourth-order valence-corrected chi connectivity index (χ4v) is 3.85. The lowest BCUT2D eigenvalue weighted by Gasteiger charge is -2.09. The quantitative estimate of drug-likeness (QED) is 0.516. The Labute approximate surface area is 164 Å². The van der Waals surface area contributed by atoms with Gasteiger partial charge in [0.15, 0.2) is 0 Å². The minimum absolute atomic E-state index is 0.0165. The number of aromatic nitrogens is 2. The maximum absolute atomic E-state index is 13.8. The summed E-state index contributed by atoms with van der Waals surface area (Å²) in [6, 6.07) is 7.94. The molecule has 3 aromatic rings. The van der Waals surface area contributed by atoms with Crippen LogP contribution in [0.15, 0.2) is 46.1 Å². The molecule has 0 aliphatic carbocycles. The summed E-state index contributed by atoms with van der Waals surface area (Å²) in [5.41, 5.74) is 1.18. The monoisotopic (exact) mass is 426 g/mol. The molecule has 0 fully saturated rings. The summed E-state index contributed by atoms with van der Waals surface area (Å²) in [5.74, 6) is -1.40. The lowest BCUT2D eigenvalue weighted by Crippen LogP contribution is -2.35. The van der Waals surface area contributed by atoms with Crippen molar-refractivity contribution in [2.24, 2.45) is 7.05 Å². The molecule has 0 radical (unpaired) electrons. The molecule has 0 atom stereocenters. The molecule has 0 saturated carbocycles. The van der Waals surface area contributed by atoms with Gasteiger partial charge < -0.3 is 10.3 Å². The predicted molar refractivity (Wildman–Crippen MR) is 102 cm³/mol. The van der Waals surface area contributed by atoms with Crippen molar-refractivity contribution in [3.05, 3.63) is 63.3 Å². The fraction of sp³-hybridized carbons (Fsp3) is 0.176. The summed E-state index contributed by atoms with van der Waals surface area (Å²) < 4.78 is 41.6. The second-order valence-electron chi connectivity index (χ2n) is 5.95. The van der Waals surface area contributed by atoms with Crippen LogP contribution in [0.5, 0.6) is 0 Å². The van der Waals surface area contributed by atoms with Crippen LogP contribution >= 0.6 is 11.6 Å². The number of hydrogen-bond donors (Lipinski definition) is 3. The molecule has 8 nitrogen and oxygen atoms in total. The molecule has 3 rings (SSSR count). The zero-order valence-electron chi connectivity index (χ0n) is 14.6. The van der Waals surface area contributed by atoms with Crippen molar-refractivity contribution >= 4 is 38.6 Å². The number of nitrogens with one attached hydrogen (secondary N) is 3. The number of amides is 1. The van der Waals surface area contributed by atoms with Crippen molar-refractivity contribution in [3.8, 4) is 0 Å². The van der Waals surface area contributed by atoms with Crippen molar-refractivity contribution in [2.75, 3.05) is 13.1 Å². The molecule has 3 N–H and O–H groups in total. The van der Waals surface area contributed by atoms with Gasteiger partial charge in [0.05, 0.1) is 11.0 Å². The van der Waals surface area contributed by atoms with Crippen LogP contribution in [0.25, 0.3) is 11.0 Å². The molecule has 0 spiro atoms. The highest BCUT2D eigenvalue weighted by molar-refractivity contribution is 7.89. The van der Waals surface area contributed by atoms with Crippen molar-refractivity contribution in [1.82, 2.24) is 19.6 Å². The minimum Gasteiger partial charge on any atom is -0.351 e. The lowest BCUT2D eigenvalue weighted by molar-refractivity contribution is 0.0954. The number of aryl methyl sites for hydroxylation is 1. The minimum atomic E-state index is -4.08. The summed E-state index contributed by atoms with van der Waals surface area (Å²) in [5, 5.41) is 2.64. The summed E-state index contributed by atoms with van der Waals surface area (Å²) in [4.78, 5) is 25.9. The first-order chi connectivity index (χ1) is 13.2. The smallest absolute Gasteiger partial charge is 0.326 e. The maximum Gasteiger partial charge on any atom is 0.326 e. The van der Waals surface area contributed by atoms with Crippen molar-refractivity contribution in [2.45, 2.75) is 4.90 Å².